The van der Waals surface area contributed by atoms with E-state index in [4.69, 9.17) is 15.2 Å². The van der Waals surface area contributed by atoms with E-state index in [1.807, 2.05) is 0 Å². The van der Waals surface area contributed by atoms with Crippen molar-refractivity contribution in [1.82, 2.24) is 5.32 Å². The Morgan fingerprint density at radius 3 is 2.62 bits per heavy atom. The molecule has 1 aromatic carbocycles. The van der Waals surface area contributed by atoms with Crippen LogP contribution >= 0.6 is 0 Å². The predicted molar refractivity (Wildman–Crippen MR) is 82.5 cm³/mol. The summed E-state index contributed by atoms with van der Waals surface area (Å²) in [5, 5.41) is 3.05. The maximum atomic E-state index is 11.9. The highest BCUT2D eigenvalue weighted by Crippen LogP contribution is 2.25. The highest BCUT2D eigenvalue weighted by Gasteiger charge is 2.15. The summed E-state index contributed by atoms with van der Waals surface area (Å²) in [4.78, 5) is 11.9. The smallest absolute Gasteiger partial charge is 0.258 e. The average Bonchev–Trinajstić information content (AvgIpc) is 2.74. The van der Waals surface area contributed by atoms with Crippen LogP contribution in [0, 0.1) is 0 Å². The van der Waals surface area contributed by atoms with Crippen molar-refractivity contribution < 1.29 is 14.3 Å². The molecule has 5 heteroatoms. The topological polar surface area (TPSA) is 73.6 Å². The third-order valence-corrected chi connectivity index (χ3v) is 3.79. The SMILES string of the molecule is COc1ccc(OCC(=O)NC2CCCCCC2)cc1N. The zero-order valence-corrected chi connectivity index (χ0v) is 12.6. The number of amides is 1. The fraction of sp³-hybridized carbons (Fsp3) is 0.562. The Balaban J connectivity index is 1.79. The largest absolute Gasteiger partial charge is 0.495 e. The number of hydrogen-bond donors (Lipinski definition) is 2. The van der Waals surface area contributed by atoms with Gasteiger partial charge in [0, 0.05) is 12.1 Å². The van der Waals surface area contributed by atoms with E-state index in [0.717, 1.165) is 12.8 Å². The number of hydrogen-bond acceptors (Lipinski definition) is 4. The number of carbonyl (C=O) groups is 1. The van der Waals surface area contributed by atoms with Crippen molar-refractivity contribution >= 4 is 11.6 Å². The van der Waals surface area contributed by atoms with E-state index >= 15 is 0 Å². The van der Waals surface area contributed by atoms with Gasteiger partial charge in [-0.1, -0.05) is 25.7 Å². The van der Waals surface area contributed by atoms with Crippen LogP contribution in [0.5, 0.6) is 11.5 Å². The fourth-order valence-corrected chi connectivity index (χ4v) is 2.64. The summed E-state index contributed by atoms with van der Waals surface area (Å²) >= 11 is 0. The minimum atomic E-state index is -0.0729. The number of nitrogen functional groups attached to an aromatic ring is 1. The lowest BCUT2D eigenvalue weighted by molar-refractivity contribution is -0.123. The number of ether oxygens (including phenoxy) is 2. The van der Waals surface area contributed by atoms with Gasteiger partial charge in [0.25, 0.3) is 5.91 Å². The van der Waals surface area contributed by atoms with Crippen molar-refractivity contribution in [2.75, 3.05) is 19.5 Å². The second-order valence-electron chi connectivity index (χ2n) is 5.45. The lowest BCUT2D eigenvalue weighted by atomic mass is 10.1. The molecule has 2 rings (SSSR count). The van der Waals surface area contributed by atoms with E-state index in [-0.39, 0.29) is 12.5 Å². The van der Waals surface area contributed by atoms with Crippen LogP contribution in [-0.4, -0.2) is 25.7 Å². The predicted octanol–water partition coefficient (Wildman–Crippen LogP) is 2.50. The summed E-state index contributed by atoms with van der Waals surface area (Å²) in [5.74, 6) is 1.10. The molecule has 1 saturated carbocycles. The summed E-state index contributed by atoms with van der Waals surface area (Å²) in [7, 11) is 1.56. The van der Waals surface area contributed by atoms with E-state index in [2.05, 4.69) is 5.32 Å². The summed E-state index contributed by atoms with van der Waals surface area (Å²) in [6, 6.07) is 5.43. The molecule has 5 nitrogen and oxygen atoms in total. The van der Waals surface area contributed by atoms with Crippen LogP contribution in [0.4, 0.5) is 5.69 Å². The highest BCUT2D eigenvalue weighted by atomic mass is 16.5. The Kier molecular flexibility index (Phi) is 5.72. The number of carbonyl (C=O) groups excluding carboxylic acids is 1. The second-order valence-corrected chi connectivity index (χ2v) is 5.45. The molecule has 1 aliphatic rings. The van der Waals surface area contributed by atoms with Crippen LogP contribution in [0.3, 0.4) is 0 Å². The van der Waals surface area contributed by atoms with Crippen molar-refractivity contribution in [1.29, 1.82) is 0 Å². The van der Waals surface area contributed by atoms with Crippen LogP contribution in [0.1, 0.15) is 38.5 Å². The number of benzene rings is 1. The fourth-order valence-electron chi connectivity index (χ4n) is 2.64. The molecule has 0 unspecified atom stereocenters. The molecule has 0 saturated heterocycles. The summed E-state index contributed by atoms with van der Waals surface area (Å²) < 4.78 is 10.6. The minimum absolute atomic E-state index is 0.0161. The molecule has 0 bridgehead atoms. The molecular formula is C16H24N2O3. The Labute approximate surface area is 125 Å². The Morgan fingerprint density at radius 1 is 1.29 bits per heavy atom. The van der Waals surface area contributed by atoms with E-state index in [1.165, 1.54) is 25.7 Å². The van der Waals surface area contributed by atoms with Gasteiger partial charge in [0.2, 0.25) is 0 Å². The number of rotatable bonds is 5. The number of anilines is 1. The summed E-state index contributed by atoms with van der Waals surface area (Å²) in [6.07, 6.45) is 7.08. The van der Waals surface area contributed by atoms with Gasteiger partial charge < -0.3 is 20.5 Å². The van der Waals surface area contributed by atoms with Gasteiger partial charge in [-0.25, -0.2) is 0 Å². The number of nitrogens with two attached hydrogens (primary N) is 1. The molecular weight excluding hydrogens is 268 g/mol. The monoisotopic (exact) mass is 292 g/mol. The first-order valence-electron chi connectivity index (χ1n) is 7.54. The van der Waals surface area contributed by atoms with Crippen LogP contribution < -0.4 is 20.5 Å². The third-order valence-electron chi connectivity index (χ3n) is 3.79. The molecule has 0 spiro atoms. The number of methoxy groups -OCH3 is 1. The molecule has 0 heterocycles. The van der Waals surface area contributed by atoms with Gasteiger partial charge in [0.05, 0.1) is 12.8 Å². The molecule has 0 atom stereocenters. The Bertz CT molecular complexity index is 469. The van der Waals surface area contributed by atoms with Crippen molar-refractivity contribution in [2.45, 2.75) is 44.6 Å². The van der Waals surface area contributed by atoms with Gasteiger partial charge >= 0.3 is 0 Å². The van der Waals surface area contributed by atoms with Crippen LogP contribution in [-0.2, 0) is 4.79 Å². The maximum Gasteiger partial charge on any atom is 0.258 e. The molecule has 1 amide bonds. The van der Waals surface area contributed by atoms with Crippen molar-refractivity contribution in [3.8, 4) is 11.5 Å². The quantitative estimate of drug-likeness (QED) is 0.646. The van der Waals surface area contributed by atoms with Gasteiger partial charge in [0.15, 0.2) is 6.61 Å². The Hall–Kier alpha value is -1.91. The first-order valence-corrected chi connectivity index (χ1v) is 7.54. The summed E-state index contributed by atoms with van der Waals surface area (Å²) in [5.41, 5.74) is 6.30. The number of nitrogens with one attached hydrogen (secondary N) is 1. The molecule has 1 fully saturated rings. The minimum Gasteiger partial charge on any atom is -0.495 e. The van der Waals surface area contributed by atoms with Crippen LogP contribution in [0.25, 0.3) is 0 Å². The van der Waals surface area contributed by atoms with Gasteiger partial charge in [-0.15, -0.1) is 0 Å². The molecule has 3 N–H and O–H groups in total. The van der Waals surface area contributed by atoms with Crippen LogP contribution in [0.2, 0.25) is 0 Å². The normalized spacial score (nSPS) is 16.0. The van der Waals surface area contributed by atoms with Crippen LogP contribution in [0.15, 0.2) is 18.2 Å². The molecule has 0 radical (unpaired) electrons. The molecule has 0 aromatic heterocycles. The van der Waals surface area contributed by atoms with Gasteiger partial charge in [0.1, 0.15) is 11.5 Å². The van der Waals surface area contributed by atoms with E-state index in [1.54, 1.807) is 25.3 Å². The van der Waals surface area contributed by atoms with E-state index in [0.29, 0.717) is 23.2 Å². The standard InChI is InChI=1S/C16H24N2O3/c1-20-15-9-8-13(10-14(15)17)21-11-16(19)18-12-6-4-2-3-5-7-12/h8-10,12H,2-7,11,17H2,1H3,(H,18,19). The van der Waals surface area contributed by atoms with Gasteiger partial charge in [-0.3, -0.25) is 4.79 Å². The zero-order chi connectivity index (χ0) is 15.1. The zero-order valence-electron chi connectivity index (χ0n) is 12.6. The molecule has 0 aliphatic heterocycles. The van der Waals surface area contributed by atoms with Crippen molar-refractivity contribution in [2.24, 2.45) is 0 Å². The lowest BCUT2D eigenvalue weighted by Gasteiger charge is -2.16. The average molecular weight is 292 g/mol. The van der Waals surface area contributed by atoms with Gasteiger partial charge in [-0.05, 0) is 25.0 Å². The molecule has 21 heavy (non-hydrogen) atoms. The lowest BCUT2D eigenvalue weighted by Crippen LogP contribution is -2.37. The van der Waals surface area contributed by atoms with Gasteiger partial charge in [-0.2, -0.15) is 0 Å². The molecule has 116 valence electrons. The van der Waals surface area contributed by atoms with E-state index in [9.17, 15) is 4.79 Å². The van der Waals surface area contributed by atoms with Crippen molar-refractivity contribution in [3.63, 3.8) is 0 Å². The van der Waals surface area contributed by atoms with E-state index < -0.39 is 0 Å². The second kappa shape index (κ2) is 7.76. The molecule has 1 aliphatic carbocycles. The third kappa shape index (κ3) is 4.85. The Morgan fingerprint density at radius 2 is 2.00 bits per heavy atom. The van der Waals surface area contributed by atoms with Crippen molar-refractivity contribution in [3.05, 3.63) is 18.2 Å². The molecule has 1 aromatic rings. The first-order chi connectivity index (χ1) is 10.2. The highest BCUT2D eigenvalue weighted by molar-refractivity contribution is 5.77. The first kappa shape index (κ1) is 15.5. The maximum absolute atomic E-state index is 11.9. The summed E-state index contributed by atoms with van der Waals surface area (Å²) in [6.45, 7) is 0.0161.